The lowest BCUT2D eigenvalue weighted by Gasteiger charge is -2.32. The van der Waals surface area contributed by atoms with Crippen molar-refractivity contribution in [1.29, 1.82) is 0 Å². The molecule has 0 atom stereocenters. The van der Waals surface area contributed by atoms with Gasteiger partial charge < -0.3 is 14.8 Å². The molecule has 1 aromatic carbocycles. The van der Waals surface area contributed by atoms with E-state index in [-0.39, 0.29) is 35.6 Å². The van der Waals surface area contributed by atoms with E-state index in [4.69, 9.17) is 9.47 Å². The molecule has 2 heterocycles. The molecule has 1 saturated heterocycles. The molecule has 1 fully saturated rings. The van der Waals surface area contributed by atoms with E-state index in [0.29, 0.717) is 18.6 Å². The van der Waals surface area contributed by atoms with Crippen LogP contribution in [0, 0.1) is 0 Å². The zero-order chi connectivity index (χ0) is 21.9. The Hall–Kier alpha value is -2.60. The van der Waals surface area contributed by atoms with Crippen molar-refractivity contribution in [3.63, 3.8) is 0 Å². The van der Waals surface area contributed by atoms with Crippen molar-refractivity contribution in [2.75, 3.05) is 32.6 Å². The van der Waals surface area contributed by atoms with Crippen LogP contribution in [0.25, 0.3) is 0 Å². The molecule has 0 bridgehead atoms. The number of alkyl halides is 3. The molecule has 1 N–H and O–H groups in total. The number of hydrogen-bond acceptors (Lipinski definition) is 7. The van der Waals surface area contributed by atoms with E-state index in [1.54, 1.807) is 6.07 Å². The lowest BCUT2D eigenvalue weighted by molar-refractivity contribution is -0.141. The van der Waals surface area contributed by atoms with Crippen LogP contribution in [-0.2, 0) is 16.2 Å². The predicted molar refractivity (Wildman–Crippen MR) is 102 cm³/mol. The first-order valence-corrected chi connectivity index (χ1v) is 10.5. The number of nitrogens with one attached hydrogen (secondary N) is 1. The summed E-state index contributed by atoms with van der Waals surface area (Å²) in [6.45, 7) is 0.384. The highest BCUT2D eigenvalue weighted by Crippen LogP contribution is 2.32. The number of sulfonamides is 1. The highest BCUT2D eigenvalue weighted by atomic mass is 32.2. The fourth-order valence-corrected chi connectivity index (χ4v) is 4.81. The van der Waals surface area contributed by atoms with Gasteiger partial charge in [0.1, 0.15) is 34.2 Å². The lowest BCUT2D eigenvalue weighted by Crippen LogP contribution is -2.42. The second-order valence-corrected chi connectivity index (χ2v) is 8.53. The molecule has 0 saturated carbocycles. The van der Waals surface area contributed by atoms with Gasteiger partial charge in [-0.25, -0.2) is 18.4 Å². The van der Waals surface area contributed by atoms with Crippen molar-refractivity contribution >= 4 is 15.8 Å². The van der Waals surface area contributed by atoms with E-state index < -0.39 is 21.9 Å². The number of benzene rings is 1. The van der Waals surface area contributed by atoms with Crippen LogP contribution in [0.4, 0.5) is 19.0 Å². The quantitative estimate of drug-likeness (QED) is 0.729. The van der Waals surface area contributed by atoms with Gasteiger partial charge in [0.25, 0.3) is 0 Å². The Bertz CT molecular complexity index is 993. The second-order valence-electron chi connectivity index (χ2n) is 6.63. The number of nitrogens with zero attached hydrogens (tertiary/aromatic N) is 3. The fraction of sp³-hybridized carbons (Fsp3) is 0.444. The first-order valence-electron chi connectivity index (χ1n) is 9.03. The third kappa shape index (κ3) is 4.75. The molecule has 0 spiro atoms. The Labute approximate surface area is 172 Å². The molecular formula is C18H21F3N4O4S. The van der Waals surface area contributed by atoms with E-state index in [2.05, 4.69) is 15.3 Å². The molecule has 1 aliphatic heterocycles. The maximum Gasteiger partial charge on any atom is 0.433 e. The summed E-state index contributed by atoms with van der Waals surface area (Å²) in [5.41, 5.74) is -1.04. The fourth-order valence-electron chi connectivity index (χ4n) is 3.17. The van der Waals surface area contributed by atoms with Crippen molar-refractivity contribution in [1.82, 2.24) is 14.3 Å². The summed E-state index contributed by atoms with van der Waals surface area (Å²) in [6.07, 6.45) is -2.92. The van der Waals surface area contributed by atoms with E-state index in [1.165, 1.54) is 30.7 Å². The number of piperidine rings is 1. The van der Waals surface area contributed by atoms with Gasteiger partial charge in [-0.1, -0.05) is 0 Å². The van der Waals surface area contributed by atoms with Crippen molar-refractivity contribution in [3.05, 3.63) is 36.3 Å². The van der Waals surface area contributed by atoms with Crippen LogP contribution in [0.5, 0.6) is 11.5 Å². The minimum absolute atomic E-state index is 0.00128. The maximum atomic E-state index is 13.1. The van der Waals surface area contributed by atoms with Crippen molar-refractivity contribution in [2.24, 2.45) is 0 Å². The highest BCUT2D eigenvalue weighted by molar-refractivity contribution is 7.89. The van der Waals surface area contributed by atoms with E-state index in [1.807, 2.05) is 0 Å². The van der Waals surface area contributed by atoms with Gasteiger partial charge in [-0.15, -0.1) is 0 Å². The molecule has 1 aliphatic rings. The van der Waals surface area contributed by atoms with Crippen LogP contribution < -0.4 is 14.8 Å². The smallest absolute Gasteiger partial charge is 0.433 e. The molecule has 2 aromatic rings. The minimum Gasteiger partial charge on any atom is -0.497 e. The minimum atomic E-state index is -4.56. The predicted octanol–water partition coefficient (Wildman–Crippen LogP) is 2.78. The lowest BCUT2D eigenvalue weighted by atomic mass is 10.1. The van der Waals surface area contributed by atoms with Gasteiger partial charge >= 0.3 is 6.18 Å². The topological polar surface area (TPSA) is 93.7 Å². The number of halogens is 3. The Morgan fingerprint density at radius 3 is 2.40 bits per heavy atom. The average Bonchev–Trinajstić information content (AvgIpc) is 2.73. The van der Waals surface area contributed by atoms with Crippen molar-refractivity contribution in [2.45, 2.75) is 30.0 Å². The van der Waals surface area contributed by atoms with Crippen molar-refractivity contribution < 1.29 is 31.1 Å². The van der Waals surface area contributed by atoms with Gasteiger partial charge in [0.15, 0.2) is 0 Å². The summed E-state index contributed by atoms with van der Waals surface area (Å²) in [7, 11) is -1.01. The third-order valence-electron chi connectivity index (χ3n) is 4.75. The molecule has 12 heteroatoms. The van der Waals surface area contributed by atoms with Gasteiger partial charge in [0, 0.05) is 31.3 Å². The molecule has 0 unspecified atom stereocenters. The summed E-state index contributed by atoms with van der Waals surface area (Å²) >= 11 is 0. The molecule has 0 amide bonds. The molecule has 0 radical (unpaired) electrons. The number of methoxy groups -OCH3 is 2. The monoisotopic (exact) mass is 446 g/mol. The van der Waals surface area contributed by atoms with Gasteiger partial charge in [-0.05, 0) is 25.0 Å². The van der Waals surface area contributed by atoms with Crippen molar-refractivity contribution in [3.8, 4) is 11.5 Å². The van der Waals surface area contributed by atoms with Gasteiger partial charge in [-0.3, -0.25) is 0 Å². The normalized spacial score (nSPS) is 16.3. The SMILES string of the molecule is COc1ccc(OC)c(S(=O)(=O)N2CCC(Nc3cc(C(F)(F)F)ncn3)CC2)c1. The summed E-state index contributed by atoms with van der Waals surface area (Å²) in [5.74, 6) is 0.639. The number of rotatable bonds is 6. The van der Waals surface area contributed by atoms with Gasteiger partial charge in [-0.2, -0.15) is 17.5 Å². The molecule has 30 heavy (non-hydrogen) atoms. The summed E-state index contributed by atoms with van der Waals surface area (Å²) in [6, 6.07) is 5.14. The third-order valence-corrected chi connectivity index (χ3v) is 6.67. The Balaban J connectivity index is 1.70. The summed E-state index contributed by atoms with van der Waals surface area (Å²) < 4.78 is 76.2. The highest BCUT2D eigenvalue weighted by Gasteiger charge is 2.34. The van der Waals surface area contributed by atoms with E-state index in [9.17, 15) is 21.6 Å². The van der Waals surface area contributed by atoms with Gasteiger partial charge in [0.05, 0.1) is 14.2 Å². The van der Waals surface area contributed by atoms with E-state index in [0.717, 1.165) is 12.4 Å². The molecule has 8 nitrogen and oxygen atoms in total. The average molecular weight is 446 g/mol. The maximum absolute atomic E-state index is 13.1. The van der Waals surface area contributed by atoms with E-state index >= 15 is 0 Å². The standard InChI is InChI=1S/C18H21F3N4O4S/c1-28-13-3-4-14(29-2)15(9-13)30(26,27)25-7-5-12(6-8-25)24-17-10-16(18(19,20)21)22-11-23-17/h3-4,9-12H,5-8H2,1-2H3,(H,22,23,24). The van der Waals surface area contributed by atoms with Crippen LogP contribution in [0.2, 0.25) is 0 Å². The zero-order valence-electron chi connectivity index (χ0n) is 16.3. The molecule has 1 aromatic heterocycles. The summed E-state index contributed by atoms with van der Waals surface area (Å²) in [4.78, 5) is 7.05. The number of anilines is 1. The second kappa shape index (κ2) is 8.64. The Morgan fingerprint density at radius 2 is 1.80 bits per heavy atom. The first kappa shape index (κ1) is 22.1. The van der Waals surface area contributed by atoms with Crippen LogP contribution in [0.15, 0.2) is 35.5 Å². The molecule has 164 valence electrons. The number of ether oxygens (including phenoxy) is 2. The molecule has 3 rings (SSSR count). The van der Waals surface area contributed by atoms with Crippen LogP contribution in [0.1, 0.15) is 18.5 Å². The number of hydrogen-bond donors (Lipinski definition) is 1. The van der Waals surface area contributed by atoms with Crippen LogP contribution in [0.3, 0.4) is 0 Å². The van der Waals surface area contributed by atoms with Crippen LogP contribution in [-0.4, -0.2) is 56.0 Å². The molecule has 0 aliphatic carbocycles. The molecular weight excluding hydrogens is 425 g/mol. The zero-order valence-corrected chi connectivity index (χ0v) is 17.1. The first-order chi connectivity index (χ1) is 14.1. The van der Waals surface area contributed by atoms with Gasteiger partial charge in [0.2, 0.25) is 10.0 Å². The Kier molecular flexibility index (Phi) is 6.36. The Morgan fingerprint density at radius 1 is 1.10 bits per heavy atom. The summed E-state index contributed by atoms with van der Waals surface area (Å²) in [5, 5.41) is 2.93. The van der Waals surface area contributed by atoms with Crippen LogP contribution >= 0.6 is 0 Å². The largest absolute Gasteiger partial charge is 0.497 e. The number of aromatic nitrogens is 2.